The van der Waals surface area contributed by atoms with Crippen molar-refractivity contribution in [2.24, 2.45) is 52.3 Å². The fraction of sp³-hybridized carbons (Fsp3) is 0.853. The van der Waals surface area contributed by atoms with Gasteiger partial charge < -0.3 is 15.0 Å². The molecule has 0 bridgehead atoms. The number of rotatable bonds is 9. The van der Waals surface area contributed by atoms with Crippen LogP contribution in [-0.2, 0) is 4.74 Å². The van der Waals surface area contributed by atoms with Gasteiger partial charge in [-0.05, 0) is 118 Å². The topological polar surface area (TPSA) is 41.6 Å². The second-order valence-corrected chi connectivity index (χ2v) is 14.5. The molecule has 38 heavy (non-hydrogen) atoms. The number of alkyl carbamates (subject to hydrolysis) is 1. The van der Waals surface area contributed by atoms with Crippen molar-refractivity contribution in [2.75, 3.05) is 27.2 Å². The third kappa shape index (κ3) is 5.91. The second-order valence-electron chi connectivity index (χ2n) is 14.5. The number of hydrogen-bond donors (Lipinski definition) is 1. The van der Waals surface area contributed by atoms with Gasteiger partial charge in [0.05, 0.1) is 0 Å². The predicted octanol–water partition coefficient (Wildman–Crippen LogP) is 8.10. The molecule has 4 heteroatoms. The molecule has 0 aromatic rings. The molecule has 4 nitrogen and oxygen atoms in total. The van der Waals surface area contributed by atoms with E-state index in [1.807, 2.05) is 14.1 Å². The molecule has 0 aromatic carbocycles. The van der Waals surface area contributed by atoms with E-state index in [-0.39, 0.29) is 12.2 Å². The highest BCUT2D eigenvalue weighted by Crippen LogP contribution is 2.67. The van der Waals surface area contributed by atoms with E-state index in [1.54, 1.807) is 5.57 Å². The number of hydrogen-bond acceptors (Lipinski definition) is 3. The number of amides is 1. The van der Waals surface area contributed by atoms with Gasteiger partial charge in [-0.1, -0.05) is 65.3 Å². The summed E-state index contributed by atoms with van der Waals surface area (Å²) in [6.45, 7) is 16.3. The third-order valence-electron chi connectivity index (χ3n) is 11.9. The highest BCUT2D eigenvalue weighted by atomic mass is 16.6. The van der Waals surface area contributed by atoms with E-state index in [2.05, 4.69) is 70.0 Å². The minimum Gasteiger partial charge on any atom is -0.446 e. The number of carbonyl (C=O) groups is 1. The van der Waals surface area contributed by atoms with Gasteiger partial charge in [0.1, 0.15) is 6.10 Å². The first-order chi connectivity index (χ1) is 18.0. The molecule has 0 radical (unpaired) electrons. The Balaban J connectivity index is 1.40. The van der Waals surface area contributed by atoms with Gasteiger partial charge in [-0.2, -0.15) is 0 Å². The van der Waals surface area contributed by atoms with E-state index in [0.29, 0.717) is 29.2 Å². The molecule has 1 amide bonds. The molecule has 216 valence electrons. The summed E-state index contributed by atoms with van der Waals surface area (Å²) in [4.78, 5) is 14.4. The minimum absolute atomic E-state index is 0.0281. The van der Waals surface area contributed by atoms with Gasteiger partial charge in [0, 0.05) is 19.5 Å². The van der Waals surface area contributed by atoms with Crippen molar-refractivity contribution in [2.45, 2.75) is 105 Å². The lowest BCUT2D eigenvalue weighted by molar-refractivity contribution is -0.0550. The molecule has 1 N–H and O–H groups in total. The van der Waals surface area contributed by atoms with Crippen LogP contribution in [-0.4, -0.2) is 44.3 Å². The molecule has 2 unspecified atom stereocenters. The Labute approximate surface area is 234 Å². The van der Waals surface area contributed by atoms with Crippen LogP contribution in [0.3, 0.4) is 0 Å². The zero-order valence-electron chi connectivity index (χ0n) is 25.9. The van der Waals surface area contributed by atoms with Crippen LogP contribution in [0.4, 0.5) is 4.79 Å². The van der Waals surface area contributed by atoms with Crippen LogP contribution in [0.1, 0.15) is 99.3 Å². The van der Waals surface area contributed by atoms with Crippen molar-refractivity contribution in [1.29, 1.82) is 0 Å². The molecule has 0 aromatic heterocycles. The van der Waals surface area contributed by atoms with Crippen molar-refractivity contribution in [1.82, 2.24) is 10.2 Å². The molecule has 0 aliphatic heterocycles. The van der Waals surface area contributed by atoms with E-state index >= 15 is 0 Å². The van der Waals surface area contributed by atoms with Crippen molar-refractivity contribution in [3.05, 3.63) is 23.8 Å². The molecule has 0 heterocycles. The molecule has 0 spiro atoms. The maximum atomic E-state index is 12.4. The quantitative estimate of drug-likeness (QED) is 0.309. The molecule has 4 rings (SSSR count). The van der Waals surface area contributed by atoms with Crippen LogP contribution in [0.2, 0.25) is 0 Å². The Kier molecular flexibility index (Phi) is 9.43. The molecule has 3 saturated carbocycles. The molecule has 9 atom stereocenters. The fourth-order valence-corrected chi connectivity index (χ4v) is 9.49. The summed E-state index contributed by atoms with van der Waals surface area (Å²) in [6.07, 6.45) is 18.7. The van der Waals surface area contributed by atoms with Gasteiger partial charge in [-0.3, -0.25) is 0 Å². The average molecular weight is 527 g/mol. The van der Waals surface area contributed by atoms with E-state index in [4.69, 9.17) is 4.74 Å². The second kappa shape index (κ2) is 12.1. The number of allylic oxidation sites excluding steroid dienone is 3. The summed E-state index contributed by atoms with van der Waals surface area (Å²) >= 11 is 0. The monoisotopic (exact) mass is 526 g/mol. The summed E-state index contributed by atoms with van der Waals surface area (Å²) in [7, 11) is 4.04. The lowest BCUT2D eigenvalue weighted by Crippen LogP contribution is -2.51. The lowest BCUT2D eigenvalue weighted by Gasteiger charge is -2.58. The first-order valence-corrected chi connectivity index (χ1v) is 16.0. The number of nitrogens with zero attached hydrogens (tertiary/aromatic N) is 1. The highest BCUT2D eigenvalue weighted by molar-refractivity contribution is 5.67. The number of fused-ring (bicyclic) bond motifs is 5. The Morgan fingerprint density at radius 3 is 2.55 bits per heavy atom. The number of likely N-dealkylation sites (N-methyl/N-ethyl adjacent to an activating group) is 1. The van der Waals surface area contributed by atoms with E-state index in [9.17, 15) is 4.79 Å². The van der Waals surface area contributed by atoms with Crippen LogP contribution in [0.5, 0.6) is 0 Å². The summed E-state index contributed by atoms with van der Waals surface area (Å²) in [5, 5.41) is 2.93. The first-order valence-electron chi connectivity index (χ1n) is 16.0. The van der Waals surface area contributed by atoms with Gasteiger partial charge in [-0.15, -0.1) is 0 Å². The Morgan fingerprint density at radius 2 is 1.87 bits per heavy atom. The predicted molar refractivity (Wildman–Crippen MR) is 159 cm³/mol. The van der Waals surface area contributed by atoms with Gasteiger partial charge in [-0.25, -0.2) is 4.79 Å². The summed E-state index contributed by atoms with van der Waals surface area (Å²) in [5.74, 6) is 5.43. The van der Waals surface area contributed by atoms with Gasteiger partial charge >= 0.3 is 6.09 Å². The van der Waals surface area contributed by atoms with Crippen LogP contribution in [0.25, 0.3) is 0 Å². The number of nitrogens with one attached hydrogen (secondary N) is 1. The standard InChI is InChI=1S/C34H58N2O2/c1-9-25(23(2)3)11-10-24(4)29-14-15-30-28-13-12-26-22-27(38-32(37)35-20-21-36(7)8)16-18-33(26,5)31(28)17-19-34(29,30)6/h10-12,23-25,27-31H,9,13-22H2,1-8H3,(H,35,37)/b11-10+/t24-,25-,27+,28?,29-,30+,31+,33?,34-/m1/s1. The molecule has 4 aliphatic rings. The van der Waals surface area contributed by atoms with E-state index in [0.717, 1.165) is 55.4 Å². The van der Waals surface area contributed by atoms with Gasteiger partial charge in [0.15, 0.2) is 0 Å². The van der Waals surface area contributed by atoms with Crippen LogP contribution in [0, 0.1) is 52.3 Å². The van der Waals surface area contributed by atoms with E-state index in [1.165, 1.54) is 38.5 Å². The van der Waals surface area contributed by atoms with Crippen LogP contribution < -0.4 is 5.32 Å². The SMILES string of the molecule is CC[C@H](/C=C/[C@@H](C)[C@H]1CC[C@H]2C3CC=C4C[C@@H](OC(=O)NCCN(C)C)CCC4(C)[C@H]3CC[C@]12C)C(C)C. The average Bonchev–Trinajstić information content (AvgIpc) is 3.21. The van der Waals surface area contributed by atoms with E-state index < -0.39 is 0 Å². The molecule has 3 fully saturated rings. The highest BCUT2D eigenvalue weighted by Gasteiger charge is 2.59. The van der Waals surface area contributed by atoms with Crippen LogP contribution in [0.15, 0.2) is 23.8 Å². The Morgan fingerprint density at radius 1 is 1.11 bits per heavy atom. The summed E-state index contributed by atoms with van der Waals surface area (Å²) < 4.78 is 5.88. The fourth-order valence-electron chi connectivity index (χ4n) is 9.49. The van der Waals surface area contributed by atoms with Crippen molar-refractivity contribution in [3.8, 4) is 0 Å². The van der Waals surface area contributed by atoms with Crippen molar-refractivity contribution >= 4 is 6.09 Å². The van der Waals surface area contributed by atoms with Gasteiger partial charge in [0.2, 0.25) is 0 Å². The number of ether oxygens (including phenoxy) is 1. The first kappa shape index (κ1) is 29.7. The summed E-state index contributed by atoms with van der Waals surface area (Å²) in [5.41, 5.74) is 2.36. The normalized spacial score (nSPS) is 38.4. The molecular weight excluding hydrogens is 468 g/mol. The Hall–Kier alpha value is -1.29. The van der Waals surface area contributed by atoms with Crippen molar-refractivity contribution in [3.63, 3.8) is 0 Å². The number of carbonyl (C=O) groups excluding carboxylic acids is 1. The summed E-state index contributed by atoms with van der Waals surface area (Å²) in [6, 6.07) is 0. The molecule has 0 saturated heterocycles. The largest absolute Gasteiger partial charge is 0.446 e. The zero-order valence-corrected chi connectivity index (χ0v) is 25.9. The lowest BCUT2D eigenvalue weighted by atomic mass is 9.47. The molecular formula is C34H58N2O2. The zero-order chi connectivity index (χ0) is 27.7. The minimum atomic E-state index is -0.248. The maximum Gasteiger partial charge on any atom is 0.407 e. The third-order valence-corrected chi connectivity index (χ3v) is 11.9. The van der Waals surface area contributed by atoms with Gasteiger partial charge in [0.25, 0.3) is 0 Å². The van der Waals surface area contributed by atoms with Crippen LogP contribution >= 0.6 is 0 Å². The maximum absolute atomic E-state index is 12.4. The smallest absolute Gasteiger partial charge is 0.407 e. The van der Waals surface area contributed by atoms with Crippen molar-refractivity contribution < 1.29 is 9.53 Å². The molecule has 4 aliphatic carbocycles. The Bertz CT molecular complexity index is 878.